The molecule has 0 fully saturated rings. The highest BCUT2D eigenvalue weighted by molar-refractivity contribution is 5.39. The van der Waals surface area contributed by atoms with Crippen molar-refractivity contribution in [3.63, 3.8) is 0 Å². The smallest absolute Gasteiger partial charge is 0.239 e. The molecule has 0 aliphatic rings. The SMILES string of the molecule is CCOC(C)(C)CNc1ccnc(NN)n1. The van der Waals surface area contributed by atoms with Gasteiger partial charge in [-0.1, -0.05) is 0 Å². The summed E-state index contributed by atoms with van der Waals surface area (Å²) in [6, 6.07) is 1.78. The molecule has 1 aromatic heterocycles. The lowest BCUT2D eigenvalue weighted by Gasteiger charge is -2.25. The average molecular weight is 225 g/mol. The zero-order chi connectivity index (χ0) is 12.0. The highest BCUT2D eigenvalue weighted by atomic mass is 16.5. The van der Waals surface area contributed by atoms with E-state index >= 15 is 0 Å². The molecule has 90 valence electrons. The molecule has 0 spiro atoms. The Kier molecular flexibility index (Phi) is 4.45. The third-order valence-electron chi connectivity index (χ3n) is 2.01. The standard InChI is InChI=1S/C10H19N5O/c1-4-16-10(2,3)7-13-8-5-6-12-9(14-8)15-11/h5-6H,4,7,11H2,1-3H3,(H2,12,13,14,15). The monoisotopic (exact) mass is 225 g/mol. The summed E-state index contributed by atoms with van der Waals surface area (Å²) in [5.41, 5.74) is 2.17. The van der Waals surface area contributed by atoms with Crippen molar-refractivity contribution in [2.45, 2.75) is 26.4 Å². The van der Waals surface area contributed by atoms with E-state index < -0.39 is 0 Å². The van der Waals surface area contributed by atoms with Crippen LogP contribution >= 0.6 is 0 Å². The van der Waals surface area contributed by atoms with Crippen LogP contribution in [-0.2, 0) is 4.74 Å². The van der Waals surface area contributed by atoms with Crippen LogP contribution in [0.15, 0.2) is 12.3 Å². The van der Waals surface area contributed by atoms with Gasteiger partial charge in [0.05, 0.1) is 5.60 Å². The fourth-order valence-corrected chi connectivity index (χ4v) is 1.27. The summed E-state index contributed by atoms with van der Waals surface area (Å²) in [6.45, 7) is 7.37. The number of nitrogen functional groups attached to an aromatic ring is 1. The van der Waals surface area contributed by atoms with Crippen molar-refractivity contribution in [2.24, 2.45) is 5.84 Å². The number of nitrogens with zero attached hydrogens (tertiary/aromatic N) is 2. The second-order valence-electron chi connectivity index (χ2n) is 3.96. The molecule has 0 saturated heterocycles. The second-order valence-corrected chi connectivity index (χ2v) is 3.96. The minimum atomic E-state index is -0.226. The van der Waals surface area contributed by atoms with E-state index in [1.165, 1.54) is 0 Å². The van der Waals surface area contributed by atoms with Crippen molar-refractivity contribution in [3.05, 3.63) is 12.3 Å². The number of hydrogen-bond donors (Lipinski definition) is 3. The molecule has 0 aliphatic heterocycles. The zero-order valence-corrected chi connectivity index (χ0v) is 9.95. The third-order valence-corrected chi connectivity index (χ3v) is 2.01. The molecule has 6 heteroatoms. The summed E-state index contributed by atoms with van der Waals surface area (Å²) in [5.74, 6) is 6.33. The summed E-state index contributed by atoms with van der Waals surface area (Å²) in [6.07, 6.45) is 1.64. The van der Waals surface area contributed by atoms with Crippen LogP contribution in [0.4, 0.5) is 11.8 Å². The first-order valence-corrected chi connectivity index (χ1v) is 5.25. The summed E-state index contributed by atoms with van der Waals surface area (Å²) < 4.78 is 5.56. The van der Waals surface area contributed by atoms with E-state index in [2.05, 4.69) is 20.7 Å². The van der Waals surface area contributed by atoms with E-state index in [-0.39, 0.29) is 5.60 Å². The number of ether oxygens (including phenoxy) is 1. The van der Waals surface area contributed by atoms with Crippen molar-refractivity contribution in [1.82, 2.24) is 9.97 Å². The van der Waals surface area contributed by atoms with Crippen LogP contribution in [-0.4, -0.2) is 28.7 Å². The first-order chi connectivity index (χ1) is 7.57. The number of hydrazine groups is 1. The summed E-state index contributed by atoms with van der Waals surface area (Å²) >= 11 is 0. The summed E-state index contributed by atoms with van der Waals surface area (Å²) in [5, 5.41) is 3.17. The van der Waals surface area contributed by atoms with Crippen molar-refractivity contribution in [1.29, 1.82) is 0 Å². The molecule has 1 rings (SSSR count). The zero-order valence-electron chi connectivity index (χ0n) is 9.95. The summed E-state index contributed by atoms with van der Waals surface area (Å²) in [7, 11) is 0. The van der Waals surface area contributed by atoms with Gasteiger partial charge in [0.15, 0.2) is 0 Å². The van der Waals surface area contributed by atoms with Crippen LogP contribution in [0.1, 0.15) is 20.8 Å². The van der Waals surface area contributed by atoms with Gasteiger partial charge in [0, 0.05) is 19.3 Å². The first-order valence-electron chi connectivity index (χ1n) is 5.25. The second kappa shape index (κ2) is 5.62. The van der Waals surface area contributed by atoms with Crippen molar-refractivity contribution in [3.8, 4) is 0 Å². The third kappa shape index (κ3) is 4.00. The van der Waals surface area contributed by atoms with Gasteiger partial charge in [-0.25, -0.2) is 10.8 Å². The Hall–Kier alpha value is -1.40. The maximum absolute atomic E-state index is 5.56. The minimum Gasteiger partial charge on any atom is -0.374 e. The predicted molar refractivity (Wildman–Crippen MR) is 64.0 cm³/mol. The van der Waals surface area contributed by atoms with Gasteiger partial charge in [0.25, 0.3) is 0 Å². The molecule has 16 heavy (non-hydrogen) atoms. The number of hydrogen-bond acceptors (Lipinski definition) is 6. The van der Waals surface area contributed by atoms with Crippen LogP contribution < -0.4 is 16.6 Å². The van der Waals surface area contributed by atoms with Crippen LogP contribution in [0, 0.1) is 0 Å². The highest BCUT2D eigenvalue weighted by Crippen LogP contribution is 2.11. The Morgan fingerprint density at radius 2 is 2.25 bits per heavy atom. The largest absolute Gasteiger partial charge is 0.374 e. The van der Waals surface area contributed by atoms with Gasteiger partial charge in [-0.3, -0.25) is 5.43 Å². The molecule has 6 nitrogen and oxygen atoms in total. The van der Waals surface area contributed by atoms with Gasteiger partial charge in [0.1, 0.15) is 5.82 Å². The Morgan fingerprint density at radius 1 is 1.50 bits per heavy atom. The fourth-order valence-electron chi connectivity index (χ4n) is 1.27. The van der Waals surface area contributed by atoms with E-state index in [9.17, 15) is 0 Å². The predicted octanol–water partition coefficient (Wildman–Crippen LogP) is 0.989. The van der Waals surface area contributed by atoms with E-state index in [4.69, 9.17) is 10.6 Å². The maximum atomic E-state index is 5.56. The Bertz CT molecular complexity index is 329. The Morgan fingerprint density at radius 3 is 2.88 bits per heavy atom. The molecule has 1 aromatic rings. The fraction of sp³-hybridized carbons (Fsp3) is 0.600. The van der Waals surface area contributed by atoms with Crippen molar-refractivity contribution >= 4 is 11.8 Å². The lowest BCUT2D eigenvalue weighted by molar-refractivity contribution is 0.000642. The number of nitrogens with two attached hydrogens (primary N) is 1. The molecule has 0 amide bonds. The molecule has 0 aromatic carbocycles. The molecule has 0 bridgehead atoms. The highest BCUT2D eigenvalue weighted by Gasteiger charge is 2.17. The Balaban J connectivity index is 2.53. The molecule has 0 unspecified atom stereocenters. The quantitative estimate of drug-likeness (QED) is 0.494. The van der Waals surface area contributed by atoms with Gasteiger partial charge in [-0.15, -0.1) is 0 Å². The van der Waals surface area contributed by atoms with Gasteiger partial charge in [-0.05, 0) is 26.8 Å². The molecule has 4 N–H and O–H groups in total. The molecule has 1 heterocycles. The van der Waals surface area contributed by atoms with Crippen LogP contribution in [0.5, 0.6) is 0 Å². The Labute approximate surface area is 95.6 Å². The average Bonchev–Trinajstić information content (AvgIpc) is 2.27. The van der Waals surface area contributed by atoms with E-state index in [1.807, 2.05) is 20.8 Å². The number of aromatic nitrogens is 2. The molecular weight excluding hydrogens is 206 g/mol. The molecule has 0 atom stereocenters. The normalized spacial score (nSPS) is 11.2. The number of nitrogens with one attached hydrogen (secondary N) is 2. The van der Waals surface area contributed by atoms with Gasteiger partial charge >= 0.3 is 0 Å². The van der Waals surface area contributed by atoms with Gasteiger partial charge in [-0.2, -0.15) is 4.98 Å². The molecule has 0 aliphatic carbocycles. The van der Waals surface area contributed by atoms with E-state index in [1.54, 1.807) is 12.3 Å². The molecule has 0 radical (unpaired) electrons. The van der Waals surface area contributed by atoms with Gasteiger partial charge in [0.2, 0.25) is 5.95 Å². The van der Waals surface area contributed by atoms with E-state index in [0.717, 1.165) is 5.82 Å². The maximum Gasteiger partial charge on any atom is 0.239 e. The molecule has 0 saturated carbocycles. The van der Waals surface area contributed by atoms with Crippen molar-refractivity contribution in [2.75, 3.05) is 23.9 Å². The topological polar surface area (TPSA) is 85.1 Å². The minimum absolute atomic E-state index is 0.226. The first kappa shape index (κ1) is 12.7. The lowest BCUT2D eigenvalue weighted by Crippen LogP contribution is -2.33. The van der Waals surface area contributed by atoms with E-state index in [0.29, 0.717) is 19.1 Å². The van der Waals surface area contributed by atoms with Crippen LogP contribution in [0.25, 0.3) is 0 Å². The van der Waals surface area contributed by atoms with Crippen molar-refractivity contribution < 1.29 is 4.74 Å². The number of rotatable bonds is 6. The van der Waals surface area contributed by atoms with Crippen LogP contribution in [0.3, 0.4) is 0 Å². The molecular formula is C10H19N5O. The van der Waals surface area contributed by atoms with Gasteiger partial charge < -0.3 is 10.1 Å². The summed E-state index contributed by atoms with van der Waals surface area (Å²) in [4.78, 5) is 8.06. The van der Waals surface area contributed by atoms with Crippen LogP contribution in [0.2, 0.25) is 0 Å². The lowest BCUT2D eigenvalue weighted by atomic mass is 10.1. The number of anilines is 2.